The van der Waals surface area contributed by atoms with E-state index in [2.05, 4.69) is 10.2 Å². The van der Waals surface area contributed by atoms with Crippen LogP contribution in [0, 0.1) is 0 Å². The van der Waals surface area contributed by atoms with Gasteiger partial charge in [-0.15, -0.1) is 10.2 Å². The first-order valence-corrected chi connectivity index (χ1v) is 6.15. The Bertz CT molecular complexity index is 596. The Morgan fingerprint density at radius 3 is 2.45 bits per heavy atom. The van der Waals surface area contributed by atoms with Crippen LogP contribution in [-0.4, -0.2) is 26.9 Å². The fourth-order valence-corrected chi connectivity index (χ4v) is 1.46. The zero-order chi connectivity index (χ0) is 14.8. The molecule has 0 aliphatic rings. The first-order valence-electron chi connectivity index (χ1n) is 6.15. The lowest BCUT2D eigenvalue weighted by Gasteiger charge is -2.17. The molecule has 1 N–H and O–H groups in total. The summed E-state index contributed by atoms with van der Waals surface area (Å²) < 4.78 is 11.0. The minimum Gasteiger partial charge on any atom is -0.478 e. The first-order chi connectivity index (χ1) is 9.35. The second-order valence-corrected chi connectivity index (χ2v) is 5.28. The minimum atomic E-state index is -0.971. The summed E-state index contributed by atoms with van der Waals surface area (Å²) in [7, 11) is 0. The van der Waals surface area contributed by atoms with Gasteiger partial charge in [0.05, 0.1) is 11.2 Å². The van der Waals surface area contributed by atoms with Gasteiger partial charge in [-0.3, -0.25) is 0 Å². The molecule has 1 heterocycles. The summed E-state index contributed by atoms with van der Waals surface area (Å²) in [6.45, 7) is 6.06. The number of ether oxygens (including phenoxy) is 1. The maximum atomic E-state index is 10.8. The molecule has 0 amide bonds. The highest BCUT2D eigenvalue weighted by Crippen LogP contribution is 2.19. The Morgan fingerprint density at radius 2 is 1.90 bits per heavy atom. The molecule has 2 rings (SSSR count). The molecular weight excluding hydrogens is 260 g/mol. The van der Waals surface area contributed by atoms with E-state index in [-0.39, 0.29) is 17.8 Å². The number of aromatic carboxylic acids is 1. The molecule has 6 heteroatoms. The van der Waals surface area contributed by atoms with Crippen LogP contribution in [0.3, 0.4) is 0 Å². The van der Waals surface area contributed by atoms with E-state index in [4.69, 9.17) is 14.3 Å². The fraction of sp³-hybridized carbons (Fsp3) is 0.357. The average molecular weight is 276 g/mol. The molecule has 20 heavy (non-hydrogen) atoms. The lowest BCUT2D eigenvalue weighted by molar-refractivity contribution is -0.0242. The molecule has 0 radical (unpaired) electrons. The number of nitrogens with zero attached hydrogens (tertiary/aromatic N) is 2. The van der Waals surface area contributed by atoms with Crippen LogP contribution in [0.1, 0.15) is 37.0 Å². The number of benzene rings is 1. The molecular formula is C14H16N2O4. The van der Waals surface area contributed by atoms with E-state index < -0.39 is 5.97 Å². The second kappa shape index (κ2) is 5.42. The Kier molecular flexibility index (Phi) is 3.85. The molecule has 0 spiro atoms. The van der Waals surface area contributed by atoms with Crippen molar-refractivity contribution in [2.24, 2.45) is 0 Å². The van der Waals surface area contributed by atoms with Crippen LogP contribution in [0.25, 0.3) is 11.5 Å². The van der Waals surface area contributed by atoms with Crippen molar-refractivity contribution in [1.82, 2.24) is 10.2 Å². The molecule has 6 nitrogen and oxygen atoms in total. The number of carboxylic acid groups (broad SMARTS) is 1. The largest absolute Gasteiger partial charge is 0.478 e. The van der Waals surface area contributed by atoms with Crippen molar-refractivity contribution in [3.8, 4) is 11.5 Å². The average Bonchev–Trinajstić information content (AvgIpc) is 2.84. The number of rotatable bonds is 4. The van der Waals surface area contributed by atoms with E-state index >= 15 is 0 Å². The van der Waals surface area contributed by atoms with Gasteiger partial charge in [0.15, 0.2) is 0 Å². The van der Waals surface area contributed by atoms with Crippen LogP contribution < -0.4 is 0 Å². The zero-order valence-electron chi connectivity index (χ0n) is 11.6. The number of carboxylic acids is 1. The molecule has 1 aromatic heterocycles. The van der Waals surface area contributed by atoms with Crippen LogP contribution in [0.4, 0.5) is 0 Å². The van der Waals surface area contributed by atoms with Gasteiger partial charge in [0.1, 0.15) is 6.61 Å². The van der Waals surface area contributed by atoms with Crippen molar-refractivity contribution in [2.75, 3.05) is 0 Å². The van der Waals surface area contributed by atoms with Gasteiger partial charge in [-0.2, -0.15) is 0 Å². The number of hydrogen-bond acceptors (Lipinski definition) is 5. The van der Waals surface area contributed by atoms with Crippen molar-refractivity contribution in [2.45, 2.75) is 33.0 Å². The first kappa shape index (κ1) is 14.2. The van der Waals surface area contributed by atoms with Gasteiger partial charge in [-0.1, -0.05) is 0 Å². The fourth-order valence-electron chi connectivity index (χ4n) is 1.46. The van der Waals surface area contributed by atoms with Crippen LogP contribution >= 0.6 is 0 Å². The van der Waals surface area contributed by atoms with Crippen molar-refractivity contribution >= 4 is 5.97 Å². The number of carbonyl (C=O) groups is 1. The molecule has 0 fully saturated rings. The van der Waals surface area contributed by atoms with Gasteiger partial charge in [-0.25, -0.2) is 4.79 Å². The molecule has 2 aromatic rings. The highest BCUT2D eigenvalue weighted by atomic mass is 16.5. The topological polar surface area (TPSA) is 85.5 Å². The second-order valence-electron chi connectivity index (χ2n) is 5.28. The highest BCUT2D eigenvalue weighted by Gasteiger charge is 2.14. The van der Waals surface area contributed by atoms with Gasteiger partial charge >= 0.3 is 5.97 Å². The normalized spacial score (nSPS) is 11.6. The third kappa shape index (κ3) is 3.64. The third-order valence-electron chi connectivity index (χ3n) is 2.47. The molecule has 0 aliphatic carbocycles. The molecule has 0 saturated heterocycles. The zero-order valence-corrected chi connectivity index (χ0v) is 11.6. The van der Waals surface area contributed by atoms with Crippen LogP contribution in [-0.2, 0) is 11.3 Å². The Hall–Kier alpha value is -2.21. The van der Waals surface area contributed by atoms with Gasteiger partial charge in [0.25, 0.3) is 0 Å². The molecule has 0 unspecified atom stereocenters. The lowest BCUT2D eigenvalue weighted by atomic mass is 10.1. The summed E-state index contributed by atoms with van der Waals surface area (Å²) in [5.74, 6) is -0.243. The molecule has 0 saturated carbocycles. The summed E-state index contributed by atoms with van der Waals surface area (Å²) in [5.41, 5.74) is 0.603. The molecule has 0 bridgehead atoms. The van der Waals surface area contributed by atoms with Gasteiger partial charge in [0, 0.05) is 5.56 Å². The maximum absolute atomic E-state index is 10.8. The van der Waals surface area contributed by atoms with Crippen molar-refractivity contribution in [3.05, 3.63) is 35.7 Å². The standard InChI is InChI=1S/C14H16N2O4/c1-14(2,3)19-8-11-15-16-12(20-11)9-4-6-10(7-5-9)13(17)18/h4-7H,8H2,1-3H3,(H,17,18). The summed E-state index contributed by atoms with van der Waals surface area (Å²) >= 11 is 0. The van der Waals surface area contributed by atoms with Gasteiger partial charge < -0.3 is 14.3 Å². The molecule has 0 aliphatic heterocycles. The number of aromatic nitrogens is 2. The predicted molar refractivity (Wildman–Crippen MR) is 71.2 cm³/mol. The molecule has 106 valence electrons. The smallest absolute Gasteiger partial charge is 0.335 e. The molecule has 0 atom stereocenters. The highest BCUT2D eigenvalue weighted by molar-refractivity contribution is 5.88. The van der Waals surface area contributed by atoms with Crippen molar-refractivity contribution in [3.63, 3.8) is 0 Å². The monoisotopic (exact) mass is 276 g/mol. The van der Waals surface area contributed by atoms with E-state index in [1.54, 1.807) is 12.1 Å². The van der Waals surface area contributed by atoms with E-state index in [0.717, 1.165) is 0 Å². The summed E-state index contributed by atoms with van der Waals surface area (Å²) in [4.78, 5) is 10.8. The quantitative estimate of drug-likeness (QED) is 0.924. The summed E-state index contributed by atoms with van der Waals surface area (Å²) in [5, 5.41) is 16.6. The maximum Gasteiger partial charge on any atom is 0.335 e. The lowest BCUT2D eigenvalue weighted by Crippen LogP contribution is -2.18. The van der Waals surface area contributed by atoms with Crippen molar-refractivity contribution in [1.29, 1.82) is 0 Å². The SMILES string of the molecule is CC(C)(C)OCc1nnc(-c2ccc(C(=O)O)cc2)o1. The van der Waals surface area contributed by atoms with E-state index in [1.807, 2.05) is 20.8 Å². The van der Waals surface area contributed by atoms with E-state index in [0.29, 0.717) is 17.3 Å². The summed E-state index contributed by atoms with van der Waals surface area (Å²) in [6.07, 6.45) is 0. The Morgan fingerprint density at radius 1 is 1.25 bits per heavy atom. The van der Waals surface area contributed by atoms with Gasteiger partial charge in [0.2, 0.25) is 11.8 Å². The Labute approximate surface area is 116 Å². The van der Waals surface area contributed by atoms with E-state index in [9.17, 15) is 4.79 Å². The van der Waals surface area contributed by atoms with Crippen LogP contribution in [0.15, 0.2) is 28.7 Å². The molecule has 1 aromatic carbocycles. The van der Waals surface area contributed by atoms with Crippen LogP contribution in [0.5, 0.6) is 0 Å². The van der Waals surface area contributed by atoms with Crippen LogP contribution in [0.2, 0.25) is 0 Å². The third-order valence-corrected chi connectivity index (χ3v) is 2.47. The minimum absolute atomic E-state index is 0.213. The number of hydrogen-bond donors (Lipinski definition) is 1. The van der Waals surface area contributed by atoms with Gasteiger partial charge in [-0.05, 0) is 45.0 Å². The predicted octanol–water partition coefficient (Wildman–Crippen LogP) is 2.75. The van der Waals surface area contributed by atoms with E-state index in [1.165, 1.54) is 12.1 Å². The van der Waals surface area contributed by atoms with Crippen molar-refractivity contribution < 1.29 is 19.1 Å². The summed E-state index contributed by atoms with van der Waals surface area (Å²) in [6, 6.07) is 6.25. The Balaban J connectivity index is 2.10.